The Labute approximate surface area is 131 Å². The van der Waals surface area contributed by atoms with Crippen LogP contribution in [0.3, 0.4) is 0 Å². The Morgan fingerprint density at radius 1 is 1.24 bits per heavy atom. The van der Waals surface area contributed by atoms with Crippen LogP contribution in [0.15, 0.2) is 24.3 Å². The van der Waals surface area contributed by atoms with Crippen LogP contribution in [-0.4, -0.2) is 17.3 Å². The predicted molar refractivity (Wildman–Crippen MR) is 80.3 cm³/mol. The van der Waals surface area contributed by atoms with E-state index in [-0.39, 0.29) is 17.2 Å². The summed E-state index contributed by atoms with van der Waals surface area (Å²) < 4.78 is 37.2. The molecule has 0 bridgehead atoms. The van der Waals surface area contributed by atoms with E-state index in [0.29, 0.717) is 18.0 Å². The minimum Gasteiger partial charge on any atom is -0.355 e. The Balaban J connectivity index is 2.45. The summed E-state index contributed by atoms with van der Waals surface area (Å²) in [6, 6.07) is 4.66. The Bertz CT molecular complexity index is 457. The number of carbonyl (C=O) groups is 1. The topological polar surface area (TPSA) is 29.1 Å². The Morgan fingerprint density at radius 3 is 2.29 bits per heavy atom. The smallest absolute Gasteiger partial charge is 0.355 e. The SMILES string of the molecule is CC(C)CC(Br)CNC(=O)Cc1ccc(C(F)(F)F)cc1. The molecule has 0 fully saturated rings. The Hall–Kier alpha value is -1.04. The number of carbonyl (C=O) groups excluding carboxylic acids is 1. The average molecular weight is 366 g/mol. The number of rotatable bonds is 6. The van der Waals surface area contributed by atoms with Crippen molar-refractivity contribution in [2.45, 2.75) is 37.7 Å². The molecule has 0 radical (unpaired) electrons. The van der Waals surface area contributed by atoms with Crippen molar-refractivity contribution < 1.29 is 18.0 Å². The highest BCUT2D eigenvalue weighted by Crippen LogP contribution is 2.29. The number of benzene rings is 1. The fraction of sp³-hybridized carbons (Fsp3) is 0.533. The molecular weight excluding hydrogens is 347 g/mol. The summed E-state index contributed by atoms with van der Waals surface area (Å²) in [6.45, 7) is 4.70. The van der Waals surface area contributed by atoms with Gasteiger partial charge in [-0.3, -0.25) is 4.79 Å². The summed E-state index contributed by atoms with van der Waals surface area (Å²) >= 11 is 3.48. The third-order valence-electron chi connectivity index (χ3n) is 2.89. The zero-order chi connectivity index (χ0) is 16.0. The van der Waals surface area contributed by atoms with Gasteiger partial charge in [0.1, 0.15) is 0 Å². The van der Waals surface area contributed by atoms with E-state index in [9.17, 15) is 18.0 Å². The van der Waals surface area contributed by atoms with Gasteiger partial charge in [-0.25, -0.2) is 0 Å². The van der Waals surface area contributed by atoms with Crippen molar-refractivity contribution in [2.24, 2.45) is 5.92 Å². The normalized spacial score (nSPS) is 13.3. The molecule has 2 nitrogen and oxygen atoms in total. The van der Waals surface area contributed by atoms with Gasteiger partial charge in [-0.2, -0.15) is 13.2 Å². The van der Waals surface area contributed by atoms with Gasteiger partial charge in [0.15, 0.2) is 0 Å². The molecule has 1 aromatic carbocycles. The van der Waals surface area contributed by atoms with Crippen LogP contribution in [0.1, 0.15) is 31.4 Å². The van der Waals surface area contributed by atoms with Gasteiger partial charge in [-0.05, 0) is 30.0 Å². The van der Waals surface area contributed by atoms with Crippen molar-refractivity contribution >= 4 is 21.8 Å². The molecule has 0 aliphatic rings. The number of nitrogens with one attached hydrogen (secondary N) is 1. The minimum atomic E-state index is -4.35. The third kappa shape index (κ3) is 6.98. The lowest BCUT2D eigenvalue weighted by Gasteiger charge is -2.13. The van der Waals surface area contributed by atoms with E-state index in [4.69, 9.17) is 0 Å². The molecule has 6 heteroatoms. The van der Waals surface area contributed by atoms with Gasteiger partial charge in [0.05, 0.1) is 12.0 Å². The maximum absolute atomic E-state index is 12.4. The lowest BCUT2D eigenvalue weighted by Crippen LogP contribution is -2.31. The molecule has 0 saturated carbocycles. The lowest BCUT2D eigenvalue weighted by molar-refractivity contribution is -0.137. The van der Waals surface area contributed by atoms with Crippen molar-refractivity contribution in [2.75, 3.05) is 6.54 Å². The summed E-state index contributed by atoms with van der Waals surface area (Å²) in [6.07, 6.45) is -3.32. The summed E-state index contributed by atoms with van der Waals surface area (Å²) in [5.41, 5.74) is -0.139. The second kappa shape index (κ2) is 7.82. The Morgan fingerprint density at radius 2 is 1.81 bits per heavy atom. The minimum absolute atomic E-state index is 0.0829. The first-order valence-electron chi connectivity index (χ1n) is 6.75. The van der Waals surface area contributed by atoms with Crippen molar-refractivity contribution in [3.63, 3.8) is 0 Å². The van der Waals surface area contributed by atoms with E-state index in [0.717, 1.165) is 18.6 Å². The predicted octanol–water partition coefficient (Wildman–Crippen LogP) is 4.17. The molecule has 1 atom stereocenters. The summed E-state index contributed by atoms with van der Waals surface area (Å²) in [5, 5.41) is 2.77. The second-order valence-electron chi connectivity index (χ2n) is 5.40. The highest BCUT2D eigenvalue weighted by molar-refractivity contribution is 9.09. The molecule has 1 rings (SSSR count). The molecule has 1 unspecified atom stereocenters. The summed E-state index contributed by atoms with van der Waals surface area (Å²) in [5.74, 6) is 0.337. The standard InChI is InChI=1S/C15H19BrF3NO/c1-10(2)7-13(16)9-20-14(21)8-11-3-5-12(6-4-11)15(17,18)19/h3-6,10,13H,7-9H2,1-2H3,(H,20,21). The molecule has 1 aromatic rings. The van der Waals surface area contributed by atoms with Crippen LogP contribution in [0.2, 0.25) is 0 Å². The van der Waals surface area contributed by atoms with Crippen molar-refractivity contribution in [1.29, 1.82) is 0 Å². The van der Waals surface area contributed by atoms with E-state index < -0.39 is 11.7 Å². The summed E-state index contributed by atoms with van der Waals surface area (Å²) in [4.78, 5) is 11.9. The van der Waals surface area contributed by atoms with Crippen LogP contribution < -0.4 is 5.32 Å². The maximum atomic E-state index is 12.4. The number of hydrogen-bond donors (Lipinski definition) is 1. The number of alkyl halides is 4. The number of hydrogen-bond acceptors (Lipinski definition) is 1. The van der Waals surface area contributed by atoms with Gasteiger partial charge in [-0.15, -0.1) is 0 Å². The van der Waals surface area contributed by atoms with Crippen LogP contribution in [-0.2, 0) is 17.4 Å². The molecule has 0 aliphatic carbocycles. The molecule has 118 valence electrons. The van der Waals surface area contributed by atoms with Crippen molar-refractivity contribution in [3.05, 3.63) is 35.4 Å². The average Bonchev–Trinajstić information content (AvgIpc) is 2.35. The lowest BCUT2D eigenvalue weighted by atomic mass is 10.1. The molecule has 1 amide bonds. The first kappa shape index (κ1) is 18.0. The molecule has 0 saturated heterocycles. The number of halogens is 4. The monoisotopic (exact) mass is 365 g/mol. The van der Waals surface area contributed by atoms with E-state index >= 15 is 0 Å². The van der Waals surface area contributed by atoms with Crippen molar-refractivity contribution in [3.8, 4) is 0 Å². The zero-order valence-corrected chi connectivity index (χ0v) is 13.6. The van der Waals surface area contributed by atoms with E-state index in [1.54, 1.807) is 0 Å². The molecule has 0 spiro atoms. The highest BCUT2D eigenvalue weighted by Gasteiger charge is 2.29. The van der Waals surface area contributed by atoms with Crippen LogP contribution in [0.5, 0.6) is 0 Å². The molecule has 0 heterocycles. The quantitative estimate of drug-likeness (QED) is 0.753. The Kier molecular flexibility index (Phi) is 6.71. The van der Waals surface area contributed by atoms with Gasteiger partial charge in [-0.1, -0.05) is 41.9 Å². The maximum Gasteiger partial charge on any atom is 0.416 e. The molecule has 1 N–H and O–H groups in total. The molecular formula is C15H19BrF3NO. The first-order chi connectivity index (χ1) is 9.68. The van der Waals surface area contributed by atoms with Crippen LogP contribution >= 0.6 is 15.9 Å². The van der Waals surface area contributed by atoms with E-state index in [2.05, 4.69) is 35.1 Å². The molecule has 21 heavy (non-hydrogen) atoms. The zero-order valence-electron chi connectivity index (χ0n) is 12.0. The highest BCUT2D eigenvalue weighted by atomic mass is 79.9. The van der Waals surface area contributed by atoms with Gasteiger partial charge >= 0.3 is 6.18 Å². The largest absolute Gasteiger partial charge is 0.416 e. The van der Waals surface area contributed by atoms with Crippen LogP contribution in [0, 0.1) is 5.92 Å². The van der Waals surface area contributed by atoms with Gasteiger partial charge in [0.2, 0.25) is 5.91 Å². The summed E-state index contributed by atoms with van der Waals surface area (Å²) in [7, 11) is 0. The van der Waals surface area contributed by atoms with E-state index in [1.165, 1.54) is 12.1 Å². The second-order valence-corrected chi connectivity index (χ2v) is 6.70. The third-order valence-corrected chi connectivity index (χ3v) is 3.59. The fourth-order valence-electron chi connectivity index (χ4n) is 1.88. The van der Waals surface area contributed by atoms with Gasteiger partial charge < -0.3 is 5.32 Å². The molecule has 0 aromatic heterocycles. The number of amides is 1. The molecule has 0 aliphatic heterocycles. The van der Waals surface area contributed by atoms with Crippen molar-refractivity contribution in [1.82, 2.24) is 5.32 Å². The van der Waals surface area contributed by atoms with Crippen LogP contribution in [0.25, 0.3) is 0 Å². The van der Waals surface area contributed by atoms with Crippen LogP contribution in [0.4, 0.5) is 13.2 Å². The fourth-order valence-corrected chi connectivity index (χ4v) is 2.79. The first-order valence-corrected chi connectivity index (χ1v) is 7.67. The van der Waals surface area contributed by atoms with Gasteiger partial charge in [0, 0.05) is 11.4 Å². The van der Waals surface area contributed by atoms with E-state index in [1.807, 2.05) is 0 Å². The van der Waals surface area contributed by atoms with Gasteiger partial charge in [0.25, 0.3) is 0 Å².